The number of hydrogen-bond acceptors (Lipinski definition) is 4. The van der Waals surface area contributed by atoms with Crippen LogP contribution in [0.5, 0.6) is 0 Å². The average molecular weight is 304 g/mol. The summed E-state index contributed by atoms with van der Waals surface area (Å²) in [5.41, 5.74) is 0. The maximum atomic E-state index is 12.0. The molecule has 1 heterocycles. The minimum atomic E-state index is -3.13. The summed E-state index contributed by atoms with van der Waals surface area (Å²) in [6.07, 6.45) is 6.13. The maximum Gasteiger partial charge on any atom is 0.211 e. The average Bonchev–Trinajstić information content (AvgIpc) is 3.23. The minimum absolute atomic E-state index is 0.0217. The van der Waals surface area contributed by atoms with E-state index in [9.17, 15) is 8.42 Å². The van der Waals surface area contributed by atoms with Crippen LogP contribution in [0.15, 0.2) is 0 Å². The molecule has 2 rings (SSSR count). The first kappa shape index (κ1) is 16.2. The van der Waals surface area contributed by atoms with E-state index in [0.717, 1.165) is 45.4 Å². The normalized spacial score (nSPS) is 22.9. The fourth-order valence-corrected chi connectivity index (χ4v) is 4.13. The Morgan fingerprint density at radius 2 is 1.85 bits per heavy atom. The van der Waals surface area contributed by atoms with E-state index in [1.807, 2.05) is 6.92 Å². The lowest BCUT2D eigenvalue weighted by Crippen LogP contribution is -2.41. The molecule has 1 aliphatic heterocycles. The molecule has 2 aliphatic rings. The van der Waals surface area contributed by atoms with Crippen molar-refractivity contribution in [2.75, 3.05) is 25.5 Å². The Kier molecular flexibility index (Phi) is 6.26. The van der Waals surface area contributed by atoms with Gasteiger partial charge in [0, 0.05) is 25.3 Å². The lowest BCUT2D eigenvalue weighted by molar-refractivity contribution is 0.0585. The van der Waals surface area contributed by atoms with E-state index >= 15 is 0 Å². The van der Waals surface area contributed by atoms with E-state index in [2.05, 4.69) is 10.0 Å². The second-order valence-corrected chi connectivity index (χ2v) is 7.98. The van der Waals surface area contributed by atoms with Gasteiger partial charge < -0.3 is 10.1 Å². The summed E-state index contributed by atoms with van der Waals surface area (Å²) in [6.45, 7) is 4.42. The van der Waals surface area contributed by atoms with Crippen molar-refractivity contribution in [1.29, 1.82) is 0 Å². The quantitative estimate of drug-likeness (QED) is 0.629. The number of hydrogen-bond donors (Lipinski definition) is 2. The molecule has 2 fully saturated rings. The van der Waals surface area contributed by atoms with Gasteiger partial charge in [-0.15, -0.1) is 0 Å². The van der Waals surface area contributed by atoms with Gasteiger partial charge in [-0.1, -0.05) is 0 Å². The first-order valence-corrected chi connectivity index (χ1v) is 9.53. The van der Waals surface area contributed by atoms with Gasteiger partial charge in [-0.25, -0.2) is 13.1 Å². The molecule has 1 saturated carbocycles. The zero-order chi connectivity index (χ0) is 14.4. The molecule has 1 atom stereocenters. The molecule has 1 unspecified atom stereocenters. The van der Waals surface area contributed by atoms with Crippen molar-refractivity contribution in [3.63, 3.8) is 0 Å². The summed E-state index contributed by atoms with van der Waals surface area (Å²) >= 11 is 0. The van der Waals surface area contributed by atoms with Crippen LogP contribution in [0.1, 0.15) is 45.4 Å². The van der Waals surface area contributed by atoms with Gasteiger partial charge >= 0.3 is 0 Å². The van der Waals surface area contributed by atoms with Crippen molar-refractivity contribution in [1.82, 2.24) is 10.0 Å². The fourth-order valence-electron chi connectivity index (χ4n) is 2.66. The van der Waals surface area contributed by atoms with Gasteiger partial charge in [0.15, 0.2) is 0 Å². The van der Waals surface area contributed by atoms with E-state index in [1.165, 1.54) is 12.8 Å². The van der Waals surface area contributed by atoms with Crippen molar-refractivity contribution in [2.45, 2.75) is 57.5 Å². The molecule has 0 spiro atoms. The van der Waals surface area contributed by atoms with Crippen LogP contribution in [-0.4, -0.2) is 46.0 Å². The Bertz CT molecular complexity index is 376. The largest absolute Gasteiger partial charge is 0.381 e. The van der Waals surface area contributed by atoms with Crippen molar-refractivity contribution in [2.24, 2.45) is 5.92 Å². The van der Waals surface area contributed by atoms with Crippen LogP contribution in [0.3, 0.4) is 0 Å². The van der Waals surface area contributed by atoms with Gasteiger partial charge in [0.1, 0.15) is 0 Å². The van der Waals surface area contributed by atoms with Crippen LogP contribution >= 0.6 is 0 Å². The lowest BCUT2D eigenvalue weighted by Gasteiger charge is -2.28. The van der Waals surface area contributed by atoms with Gasteiger partial charge in [-0.05, 0) is 57.9 Å². The van der Waals surface area contributed by atoms with Crippen LogP contribution in [0.25, 0.3) is 0 Å². The molecule has 20 heavy (non-hydrogen) atoms. The van der Waals surface area contributed by atoms with Crippen LogP contribution in [0.2, 0.25) is 0 Å². The molecular formula is C14H28N2O3S. The SMILES string of the molecule is CC(NS(=O)(=O)CCCCNC1CC1)C1CCOCC1. The topological polar surface area (TPSA) is 67.4 Å². The predicted octanol–water partition coefficient (Wildman–Crippen LogP) is 1.25. The summed E-state index contributed by atoms with van der Waals surface area (Å²) in [7, 11) is -3.13. The van der Waals surface area contributed by atoms with Gasteiger partial charge in [0.25, 0.3) is 0 Å². The third-order valence-corrected chi connectivity index (χ3v) is 5.75. The highest BCUT2D eigenvalue weighted by Gasteiger charge is 2.24. The molecule has 5 nitrogen and oxygen atoms in total. The molecule has 118 valence electrons. The Morgan fingerprint density at radius 1 is 1.15 bits per heavy atom. The van der Waals surface area contributed by atoms with Gasteiger partial charge in [-0.3, -0.25) is 0 Å². The van der Waals surface area contributed by atoms with Crippen molar-refractivity contribution >= 4 is 10.0 Å². The van der Waals surface area contributed by atoms with E-state index in [0.29, 0.717) is 12.0 Å². The monoisotopic (exact) mass is 304 g/mol. The summed E-state index contributed by atoms with van der Waals surface area (Å²) in [6, 6.07) is 0.728. The molecule has 6 heteroatoms. The minimum Gasteiger partial charge on any atom is -0.381 e. The molecule has 1 aliphatic carbocycles. The molecule has 0 radical (unpaired) electrons. The molecule has 0 amide bonds. The second kappa shape index (κ2) is 7.73. The highest BCUT2D eigenvalue weighted by Crippen LogP contribution is 2.19. The first-order valence-electron chi connectivity index (χ1n) is 7.88. The van der Waals surface area contributed by atoms with Crippen molar-refractivity contribution in [3.05, 3.63) is 0 Å². The standard InChI is InChI=1S/C14H28N2O3S/c1-12(13-6-9-19-10-7-13)16-20(17,18)11-3-2-8-15-14-4-5-14/h12-16H,2-11H2,1H3. The van der Waals surface area contributed by atoms with Gasteiger partial charge in [-0.2, -0.15) is 0 Å². The zero-order valence-electron chi connectivity index (χ0n) is 12.4. The molecule has 0 bridgehead atoms. The Hall–Kier alpha value is -0.170. The van der Waals surface area contributed by atoms with E-state index in [4.69, 9.17) is 4.74 Å². The van der Waals surface area contributed by atoms with E-state index in [-0.39, 0.29) is 11.8 Å². The fraction of sp³-hybridized carbons (Fsp3) is 1.00. The number of ether oxygens (including phenoxy) is 1. The predicted molar refractivity (Wildman–Crippen MR) is 80.2 cm³/mol. The lowest BCUT2D eigenvalue weighted by atomic mass is 9.94. The number of unbranched alkanes of at least 4 members (excludes halogenated alkanes) is 1. The number of rotatable bonds is 9. The summed E-state index contributed by atoms with van der Waals surface area (Å²) in [5, 5.41) is 3.41. The van der Waals surface area contributed by atoms with E-state index in [1.54, 1.807) is 0 Å². The van der Waals surface area contributed by atoms with Gasteiger partial charge in [0.2, 0.25) is 10.0 Å². The van der Waals surface area contributed by atoms with Crippen molar-refractivity contribution in [3.8, 4) is 0 Å². The highest BCUT2D eigenvalue weighted by molar-refractivity contribution is 7.89. The smallest absolute Gasteiger partial charge is 0.211 e. The van der Waals surface area contributed by atoms with Crippen LogP contribution in [-0.2, 0) is 14.8 Å². The summed E-state index contributed by atoms with van der Waals surface area (Å²) in [5.74, 6) is 0.655. The molecule has 1 saturated heterocycles. The highest BCUT2D eigenvalue weighted by atomic mass is 32.2. The summed E-state index contributed by atoms with van der Waals surface area (Å²) in [4.78, 5) is 0. The van der Waals surface area contributed by atoms with Crippen molar-refractivity contribution < 1.29 is 13.2 Å². The Morgan fingerprint density at radius 3 is 2.50 bits per heavy atom. The van der Waals surface area contributed by atoms with Crippen LogP contribution in [0.4, 0.5) is 0 Å². The molecule has 0 aromatic rings. The Balaban J connectivity index is 1.61. The third kappa shape index (κ3) is 6.08. The van der Waals surface area contributed by atoms with Crippen LogP contribution in [0, 0.1) is 5.92 Å². The second-order valence-electron chi connectivity index (χ2n) is 6.11. The molecule has 0 aromatic carbocycles. The number of sulfonamides is 1. The van der Waals surface area contributed by atoms with Gasteiger partial charge in [0.05, 0.1) is 5.75 Å². The third-order valence-electron chi connectivity index (χ3n) is 4.19. The van der Waals surface area contributed by atoms with E-state index < -0.39 is 10.0 Å². The summed E-state index contributed by atoms with van der Waals surface area (Å²) < 4.78 is 32.2. The molecular weight excluding hydrogens is 276 g/mol. The first-order chi connectivity index (χ1) is 9.57. The number of nitrogens with one attached hydrogen (secondary N) is 2. The zero-order valence-corrected chi connectivity index (χ0v) is 13.3. The Labute approximate surface area is 122 Å². The maximum absolute atomic E-state index is 12.0. The van der Waals surface area contributed by atoms with Crippen LogP contribution < -0.4 is 10.0 Å². The molecule has 2 N–H and O–H groups in total. The molecule has 0 aromatic heterocycles.